The summed E-state index contributed by atoms with van der Waals surface area (Å²) in [6, 6.07) is 8.33. The van der Waals surface area contributed by atoms with Crippen molar-refractivity contribution in [2.75, 3.05) is 5.32 Å². The van der Waals surface area contributed by atoms with Crippen LogP contribution in [0, 0.1) is 11.6 Å². The largest absolute Gasteiger partial charge is 0.409 e. The van der Waals surface area contributed by atoms with E-state index in [-0.39, 0.29) is 18.1 Å². The molecule has 0 bridgehead atoms. The fraction of sp³-hybridized carbons (Fsp3) is 0.0714. The van der Waals surface area contributed by atoms with Crippen LogP contribution in [0.4, 0.5) is 14.5 Å². The first-order valence-corrected chi connectivity index (χ1v) is 6.35. The molecule has 0 atom stereocenters. The minimum absolute atomic E-state index is 0.0726. The van der Waals surface area contributed by atoms with Gasteiger partial charge in [0.25, 0.3) is 0 Å². The SMILES string of the molecule is N/C(=N/O)c1ccc(CNc2c(F)cccc2F)c(Cl)c1. The molecule has 0 fully saturated rings. The minimum atomic E-state index is -0.681. The first-order chi connectivity index (χ1) is 10.0. The van der Waals surface area contributed by atoms with Gasteiger partial charge in [0.15, 0.2) is 5.84 Å². The molecule has 0 spiro atoms. The van der Waals surface area contributed by atoms with Crippen LogP contribution in [0.2, 0.25) is 5.02 Å². The summed E-state index contributed by atoms with van der Waals surface area (Å²) in [5, 5.41) is 14.4. The van der Waals surface area contributed by atoms with Crippen molar-refractivity contribution in [1.82, 2.24) is 0 Å². The maximum absolute atomic E-state index is 13.5. The summed E-state index contributed by atoms with van der Waals surface area (Å²) in [4.78, 5) is 0. The van der Waals surface area contributed by atoms with E-state index in [4.69, 9.17) is 22.5 Å². The summed E-state index contributed by atoms with van der Waals surface area (Å²) in [6.45, 7) is 0.132. The van der Waals surface area contributed by atoms with Crippen molar-refractivity contribution in [2.45, 2.75) is 6.54 Å². The van der Waals surface area contributed by atoms with E-state index in [0.717, 1.165) is 12.1 Å². The summed E-state index contributed by atoms with van der Waals surface area (Å²) in [6.07, 6.45) is 0. The second-order valence-corrected chi connectivity index (χ2v) is 4.65. The maximum atomic E-state index is 13.5. The molecule has 0 aliphatic rings. The molecule has 110 valence electrons. The number of nitrogens with two attached hydrogens (primary N) is 1. The summed E-state index contributed by atoms with van der Waals surface area (Å²) >= 11 is 6.06. The molecule has 0 unspecified atom stereocenters. The van der Waals surface area contributed by atoms with Gasteiger partial charge >= 0.3 is 0 Å². The van der Waals surface area contributed by atoms with E-state index in [0.29, 0.717) is 16.1 Å². The highest BCUT2D eigenvalue weighted by molar-refractivity contribution is 6.31. The maximum Gasteiger partial charge on any atom is 0.170 e. The van der Waals surface area contributed by atoms with Gasteiger partial charge in [-0.1, -0.05) is 35.0 Å². The molecule has 0 aliphatic heterocycles. The van der Waals surface area contributed by atoms with Gasteiger partial charge in [-0.2, -0.15) is 0 Å². The molecule has 0 heterocycles. The van der Waals surface area contributed by atoms with E-state index in [1.807, 2.05) is 0 Å². The topological polar surface area (TPSA) is 70.6 Å². The van der Waals surface area contributed by atoms with Gasteiger partial charge in [-0.3, -0.25) is 0 Å². The van der Waals surface area contributed by atoms with Gasteiger partial charge in [0, 0.05) is 17.1 Å². The van der Waals surface area contributed by atoms with Crippen LogP contribution in [-0.2, 0) is 6.54 Å². The third-order valence-corrected chi connectivity index (χ3v) is 3.23. The number of hydrogen-bond acceptors (Lipinski definition) is 3. The lowest BCUT2D eigenvalue weighted by molar-refractivity contribution is 0.318. The standard InChI is InChI=1S/C14H12ClF2N3O/c15-10-6-8(14(18)20-21)4-5-9(10)7-19-13-11(16)2-1-3-12(13)17/h1-6,19,21H,7H2,(H2,18,20). The number of halogens is 3. The lowest BCUT2D eigenvalue weighted by Gasteiger charge is -2.10. The van der Waals surface area contributed by atoms with Crippen LogP contribution in [-0.4, -0.2) is 11.0 Å². The van der Waals surface area contributed by atoms with Crippen LogP contribution < -0.4 is 11.1 Å². The highest BCUT2D eigenvalue weighted by Gasteiger charge is 2.09. The average Bonchev–Trinajstić information content (AvgIpc) is 2.47. The Hall–Kier alpha value is -2.34. The highest BCUT2D eigenvalue weighted by atomic mass is 35.5. The van der Waals surface area contributed by atoms with E-state index in [1.54, 1.807) is 12.1 Å². The van der Waals surface area contributed by atoms with Crippen molar-refractivity contribution in [1.29, 1.82) is 0 Å². The number of benzene rings is 2. The molecular formula is C14H12ClF2N3O. The Labute approximate surface area is 124 Å². The molecule has 2 aromatic rings. The van der Waals surface area contributed by atoms with E-state index in [9.17, 15) is 8.78 Å². The molecule has 4 N–H and O–H groups in total. The molecule has 0 aliphatic carbocycles. The van der Waals surface area contributed by atoms with E-state index < -0.39 is 11.6 Å². The Morgan fingerprint density at radius 2 is 1.90 bits per heavy atom. The molecule has 0 aromatic heterocycles. The summed E-state index contributed by atoms with van der Waals surface area (Å²) in [7, 11) is 0. The minimum Gasteiger partial charge on any atom is -0.409 e. The number of hydrogen-bond donors (Lipinski definition) is 3. The van der Waals surface area contributed by atoms with Crippen molar-refractivity contribution in [2.24, 2.45) is 10.9 Å². The van der Waals surface area contributed by atoms with Gasteiger partial charge in [-0.15, -0.1) is 0 Å². The Morgan fingerprint density at radius 3 is 2.48 bits per heavy atom. The van der Waals surface area contributed by atoms with Gasteiger partial charge in [0.2, 0.25) is 0 Å². The number of nitrogens with one attached hydrogen (secondary N) is 1. The van der Waals surface area contributed by atoms with Crippen molar-refractivity contribution >= 4 is 23.1 Å². The van der Waals surface area contributed by atoms with Gasteiger partial charge < -0.3 is 16.3 Å². The van der Waals surface area contributed by atoms with Crippen LogP contribution in [0.3, 0.4) is 0 Å². The van der Waals surface area contributed by atoms with Crippen LogP contribution in [0.1, 0.15) is 11.1 Å². The van der Waals surface area contributed by atoms with Crippen molar-refractivity contribution in [3.63, 3.8) is 0 Å². The van der Waals surface area contributed by atoms with E-state index >= 15 is 0 Å². The third-order valence-electron chi connectivity index (χ3n) is 2.87. The molecule has 0 amide bonds. The van der Waals surface area contributed by atoms with Gasteiger partial charge in [0.05, 0.1) is 0 Å². The summed E-state index contributed by atoms with van der Waals surface area (Å²) in [5.41, 5.74) is 6.30. The molecule has 4 nitrogen and oxygen atoms in total. The fourth-order valence-electron chi connectivity index (χ4n) is 1.76. The first-order valence-electron chi connectivity index (χ1n) is 5.97. The lowest BCUT2D eigenvalue weighted by Crippen LogP contribution is -2.13. The molecule has 2 aromatic carbocycles. The van der Waals surface area contributed by atoms with Crippen molar-refractivity contribution < 1.29 is 14.0 Å². The number of oxime groups is 1. The Balaban J connectivity index is 2.18. The second kappa shape index (κ2) is 6.41. The zero-order valence-electron chi connectivity index (χ0n) is 10.8. The van der Waals surface area contributed by atoms with Crippen LogP contribution in [0.25, 0.3) is 0 Å². The quantitative estimate of drug-likeness (QED) is 0.351. The molecular weight excluding hydrogens is 300 g/mol. The fourth-order valence-corrected chi connectivity index (χ4v) is 2.01. The van der Waals surface area contributed by atoms with E-state index in [2.05, 4.69) is 10.5 Å². The monoisotopic (exact) mass is 311 g/mol. The first kappa shape index (κ1) is 15.1. The zero-order valence-corrected chi connectivity index (χ0v) is 11.5. The van der Waals surface area contributed by atoms with Crippen molar-refractivity contribution in [3.05, 3.63) is 64.2 Å². The van der Waals surface area contributed by atoms with Gasteiger partial charge in [-0.05, 0) is 23.8 Å². The molecule has 21 heavy (non-hydrogen) atoms. The molecule has 7 heteroatoms. The molecule has 2 rings (SSSR count). The number of para-hydroxylation sites is 1. The van der Waals surface area contributed by atoms with Crippen molar-refractivity contribution in [3.8, 4) is 0 Å². The summed E-state index contributed by atoms with van der Waals surface area (Å²) in [5.74, 6) is -1.43. The Morgan fingerprint density at radius 1 is 1.24 bits per heavy atom. The number of rotatable bonds is 4. The number of amidine groups is 1. The summed E-state index contributed by atoms with van der Waals surface area (Å²) < 4.78 is 26.9. The predicted octanol–water partition coefficient (Wildman–Crippen LogP) is 3.32. The smallest absolute Gasteiger partial charge is 0.170 e. The van der Waals surface area contributed by atoms with Gasteiger partial charge in [-0.25, -0.2) is 8.78 Å². The normalized spacial score (nSPS) is 11.5. The van der Waals surface area contributed by atoms with Crippen LogP contribution in [0.5, 0.6) is 0 Å². The number of anilines is 1. The Bertz CT molecular complexity index is 672. The van der Waals surface area contributed by atoms with Gasteiger partial charge in [0.1, 0.15) is 17.3 Å². The van der Waals surface area contributed by atoms with Crippen LogP contribution in [0.15, 0.2) is 41.6 Å². The second-order valence-electron chi connectivity index (χ2n) is 4.24. The molecule has 0 saturated heterocycles. The van der Waals surface area contributed by atoms with Crippen LogP contribution >= 0.6 is 11.6 Å². The highest BCUT2D eigenvalue weighted by Crippen LogP contribution is 2.22. The molecule has 0 saturated carbocycles. The number of nitrogens with zero attached hydrogens (tertiary/aromatic N) is 1. The lowest BCUT2D eigenvalue weighted by atomic mass is 10.1. The third kappa shape index (κ3) is 3.41. The molecule has 0 radical (unpaired) electrons. The zero-order chi connectivity index (χ0) is 15.4. The predicted molar refractivity (Wildman–Crippen MR) is 77.6 cm³/mol. The average molecular weight is 312 g/mol. The van der Waals surface area contributed by atoms with E-state index in [1.165, 1.54) is 12.1 Å². The Kier molecular flexibility index (Phi) is 4.59.